The van der Waals surface area contributed by atoms with Crippen molar-refractivity contribution in [2.45, 2.75) is 11.8 Å². The van der Waals surface area contributed by atoms with Crippen molar-refractivity contribution in [1.29, 1.82) is 4.78 Å². The Morgan fingerprint density at radius 3 is 2.75 bits per heavy atom. The molecule has 1 atom stereocenters. The Labute approximate surface area is 72.0 Å². The Morgan fingerprint density at radius 1 is 1.58 bits per heavy atom. The fraction of sp³-hybridized carbons (Fsp3) is 0.250. The molecule has 3 nitrogen and oxygen atoms in total. The molecule has 0 aliphatic rings. The van der Waals surface area contributed by atoms with Crippen LogP contribution in [0.5, 0.6) is 5.75 Å². The maximum atomic E-state index is 11.5. The van der Waals surface area contributed by atoms with Crippen LogP contribution in [0, 0.1) is 4.78 Å². The summed E-state index contributed by atoms with van der Waals surface area (Å²) >= 11 is 0. The Kier molecular flexibility index (Phi) is 2.38. The summed E-state index contributed by atoms with van der Waals surface area (Å²) in [5.41, 5.74) is 0. The van der Waals surface area contributed by atoms with Gasteiger partial charge in [-0.05, 0) is 18.2 Å². The van der Waals surface area contributed by atoms with Crippen molar-refractivity contribution in [1.82, 2.24) is 0 Å². The molecule has 0 radical (unpaired) electrons. The number of hydrogen-bond donors (Lipinski definition) is 2. The van der Waals surface area contributed by atoms with Gasteiger partial charge >= 0.3 is 0 Å². The first-order chi connectivity index (χ1) is 5.56. The molecule has 0 fully saturated rings. The molecule has 0 aliphatic carbocycles. The van der Waals surface area contributed by atoms with Crippen molar-refractivity contribution in [2.75, 3.05) is 5.75 Å². The third kappa shape index (κ3) is 1.76. The summed E-state index contributed by atoms with van der Waals surface area (Å²) in [5.74, 6) is 0.331. The van der Waals surface area contributed by atoms with Crippen molar-refractivity contribution in [2.24, 2.45) is 0 Å². The summed E-state index contributed by atoms with van der Waals surface area (Å²) in [7, 11) is -2.68. The molecule has 0 saturated heterocycles. The number of phenols is 1. The molecule has 0 heterocycles. The molecule has 4 heteroatoms. The van der Waals surface area contributed by atoms with Crippen LogP contribution >= 0.6 is 0 Å². The average molecular weight is 185 g/mol. The standard InChI is InChI=1S/C8H11NO2S/c1-2-12(9,11)8-5-3-4-7(10)6-8/h3-6,9-10H,2H2,1H3/t12-/m0/s1. The number of aromatic hydroxyl groups is 1. The second-order valence-electron chi connectivity index (χ2n) is 2.46. The maximum absolute atomic E-state index is 11.5. The van der Waals surface area contributed by atoms with E-state index >= 15 is 0 Å². The lowest BCUT2D eigenvalue weighted by molar-refractivity contribution is 0.473. The molecule has 66 valence electrons. The summed E-state index contributed by atoms with van der Waals surface area (Å²) in [6, 6.07) is 6.06. The van der Waals surface area contributed by atoms with E-state index in [1.54, 1.807) is 19.1 Å². The highest BCUT2D eigenvalue weighted by Gasteiger charge is 2.06. The monoisotopic (exact) mass is 185 g/mol. The first kappa shape index (κ1) is 9.06. The lowest BCUT2D eigenvalue weighted by Gasteiger charge is -2.03. The fourth-order valence-corrected chi connectivity index (χ4v) is 1.80. The van der Waals surface area contributed by atoms with Gasteiger partial charge in [-0.3, -0.25) is 0 Å². The van der Waals surface area contributed by atoms with Gasteiger partial charge in [-0.2, -0.15) is 0 Å². The van der Waals surface area contributed by atoms with E-state index < -0.39 is 9.73 Å². The summed E-state index contributed by atoms with van der Waals surface area (Å²) in [6.45, 7) is 1.69. The van der Waals surface area contributed by atoms with Gasteiger partial charge in [0.05, 0.1) is 14.6 Å². The Balaban J connectivity index is 3.21. The highest BCUT2D eigenvalue weighted by Crippen LogP contribution is 2.17. The van der Waals surface area contributed by atoms with Crippen molar-refractivity contribution in [3.8, 4) is 5.75 Å². The van der Waals surface area contributed by atoms with Crippen molar-refractivity contribution < 1.29 is 9.32 Å². The van der Waals surface area contributed by atoms with E-state index in [2.05, 4.69) is 0 Å². The van der Waals surface area contributed by atoms with Gasteiger partial charge in [-0.1, -0.05) is 13.0 Å². The van der Waals surface area contributed by atoms with E-state index in [1.807, 2.05) is 0 Å². The quantitative estimate of drug-likeness (QED) is 0.738. The molecule has 2 N–H and O–H groups in total. The van der Waals surface area contributed by atoms with Gasteiger partial charge in [0.15, 0.2) is 0 Å². The highest BCUT2D eigenvalue weighted by molar-refractivity contribution is 7.92. The van der Waals surface area contributed by atoms with Gasteiger partial charge in [0, 0.05) is 5.75 Å². The van der Waals surface area contributed by atoms with E-state index in [0.29, 0.717) is 4.90 Å². The van der Waals surface area contributed by atoms with Crippen LogP contribution in [-0.4, -0.2) is 15.1 Å². The normalized spacial score (nSPS) is 15.4. The number of nitrogens with one attached hydrogen (secondary N) is 1. The van der Waals surface area contributed by atoms with E-state index in [4.69, 9.17) is 9.89 Å². The number of hydrogen-bond acceptors (Lipinski definition) is 3. The van der Waals surface area contributed by atoms with Crippen LogP contribution in [0.2, 0.25) is 0 Å². The van der Waals surface area contributed by atoms with Gasteiger partial charge in [0.2, 0.25) is 0 Å². The molecular weight excluding hydrogens is 174 g/mol. The summed E-state index contributed by atoms with van der Waals surface area (Å²) in [6.07, 6.45) is 0. The largest absolute Gasteiger partial charge is 0.508 e. The SMILES string of the molecule is CC[S@](=N)(=O)c1cccc(O)c1. The lowest BCUT2D eigenvalue weighted by atomic mass is 10.3. The van der Waals surface area contributed by atoms with Gasteiger partial charge < -0.3 is 5.11 Å². The molecule has 0 aromatic heterocycles. The van der Waals surface area contributed by atoms with E-state index in [9.17, 15) is 4.21 Å². The third-order valence-electron chi connectivity index (χ3n) is 1.60. The second kappa shape index (κ2) is 3.15. The first-order valence-electron chi connectivity index (χ1n) is 3.62. The number of phenolic OH excluding ortho intramolecular Hbond substituents is 1. The van der Waals surface area contributed by atoms with Crippen molar-refractivity contribution in [3.63, 3.8) is 0 Å². The minimum atomic E-state index is -2.68. The molecule has 1 rings (SSSR count). The second-order valence-corrected chi connectivity index (χ2v) is 4.86. The van der Waals surface area contributed by atoms with E-state index in [1.165, 1.54) is 12.1 Å². The number of benzene rings is 1. The van der Waals surface area contributed by atoms with Crippen LogP contribution < -0.4 is 0 Å². The summed E-state index contributed by atoms with van der Waals surface area (Å²) in [4.78, 5) is 0.394. The van der Waals surface area contributed by atoms with Crippen LogP contribution in [-0.2, 0) is 9.73 Å². The van der Waals surface area contributed by atoms with E-state index in [-0.39, 0.29) is 11.5 Å². The predicted molar refractivity (Wildman–Crippen MR) is 47.8 cm³/mol. The van der Waals surface area contributed by atoms with Gasteiger partial charge in [-0.15, -0.1) is 0 Å². The van der Waals surface area contributed by atoms with Gasteiger partial charge in [0.1, 0.15) is 5.75 Å². The molecule has 0 bridgehead atoms. The Hall–Kier alpha value is -1.03. The Bertz CT molecular complexity index is 370. The number of rotatable bonds is 2. The van der Waals surface area contributed by atoms with Crippen LogP contribution in [0.25, 0.3) is 0 Å². The van der Waals surface area contributed by atoms with Crippen LogP contribution in [0.15, 0.2) is 29.2 Å². The van der Waals surface area contributed by atoms with Crippen LogP contribution in [0.3, 0.4) is 0 Å². The zero-order valence-corrected chi connectivity index (χ0v) is 7.60. The molecule has 0 unspecified atom stereocenters. The highest BCUT2D eigenvalue weighted by atomic mass is 32.2. The fourth-order valence-electron chi connectivity index (χ4n) is 0.855. The zero-order valence-electron chi connectivity index (χ0n) is 6.78. The van der Waals surface area contributed by atoms with Crippen molar-refractivity contribution >= 4 is 9.73 Å². The Morgan fingerprint density at radius 2 is 2.25 bits per heavy atom. The topological polar surface area (TPSA) is 61.2 Å². The molecular formula is C8H11NO2S. The molecule has 1 aromatic carbocycles. The summed E-state index contributed by atoms with van der Waals surface area (Å²) in [5, 5.41) is 9.06. The molecule has 0 aliphatic heterocycles. The van der Waals surface area contributed by atoms with Crippen LogP contribution in [0.4, 0.5) is 0 Å². The smallest absolute Gasteiger partial charge is 0.116 e. The maximum Gasteiger partial charge on any atom is 0.116 e. The zero-order chi connectivity index (χ0) is 9.19. The minimum Gasteiger partial charge on any atom is -0.508 e. The minimum absolute atomic E-state index is 0.0564. The molecule has 0 saturated carbocycles. The first-order valence-corrected chi connectivity index (χ1v) is 5.34. The molecule has 12 heavy (non-hydrogen) atoms. The summed E-state index contributed by atoms with van der Waals surface area (Å²) < 4.78 is 18.9. The van der Waals surface area contributed by atoms with Crippen LogP contribution in [0.1, 0.15) is 6.92 Å². The predicted octanol–water partition coefficient (Wildman–Crippen LogP) is 1.82. The average Bonchev–Trinajstić information content (AvgIpc) is 2.05. The van der Waals surface area contributed by atoms with E-state index in [0.717, 1.165) is 0 Å². The molecule has 1 aromatic rings. The molecule has 0 spiro atoms. The molecule has 0 amide bonds. The van der Waals surface area contributed by atoms with Gasteiger partial charge in [-0.25, -0.2) is 8.99 Å². The lowest BCUT2D eigenvalue weighted by Crippen LogP contribution is -2.00. The van der Waals surface area contributed by atoms with Crippen molar-refractivity contribution in [3.05, 3.63) is 24.3 Å². The third-order valence-corrected chi connectivity index (χ3v) is 3.43. The van der Waals surface area contributed by atoms with Gasteiger partial charge in [0.25, 0.3) is 0 Å².